The Morgan fingerprint density at radius 3 is 2.58 bits per heavy atom. The predicted octanol–water partition coefficient (Wildman–Crippen LogP) is 5.48. The molecule has 0 N–H and O–H groups in total. The molecule has 0 aliphatic carbocycles. The van der Waals surface area contributed by atoms with E-state index >= 15 is 0 Å². The van der Waals surface area contributed by atoms with Gasteiger partial charge in [-0.2, -0.15) is 0 Å². The number of nitrogens with zero attached hydrogens (tertiary/aromatic N) is 2. The average Bonchev–Trinajstić information content (AvgIpc) is 3.26. The van der Waals surface area contributed by atoms with Gasteiger partial charge in [-0.3, -0.25) is 9.59 Å². The fourth-order valence-electron chi connectivity index (χ4n) is 4.18. The smallest absolute Gasteiger partial charge is 0.242 e. The van der Waals surface area contributed by atoms with Gasteiger partial charge in [-0.05, 0) is 54.3 Å². The zero-order valence-electron chi connectivity index (χ0n) is 20.7. The highest BCUT2D eigenvalue weighted by molar-refractivity contribution is 7.10. The van der Waals surface area contributed by atoms with Gasteiger partial charge in [0.1, 0.15) is 12.4 Å². The fourth-order valence-corrected chi connectivity index (χ4v) is 5.10. The minimum atomic E-state index is -0.139. The molecule has 1 aliphatic heterocycles. The van der Waals surface area contributed by atoms with E-state index in [1.54, 1.807) is 16.2 Å². The molecule has 2 amide bonds. The maximum absolute atomic E-state index is 13.5. The number of ether oxygens (including phenoxy) is 1. The predicted molar refractivity (Wildman–Crippen MR) is 135 cm³/mol. The minimum Gasteiger partial charge on any atom is -0.491 e. The highest BCUT2D eigenvalue weighted by Crippen LogP contribution is 2.34. The van der Waals surface area contributed by atoms with Crippen LogP contribution in [0.2, 0.25) is 0 Å². The second-order valence-electron chi connectivity index (χ2n) is 9.66. The summed E-state index contributed by atoms with van der Waals surface area (Å²) in [6.07, 6.45) is 2.30. The van der Waals surface area contributed by atoms with E-state index < -0.39 is 0 Å². The molecule has 180 valence electrons. The monoisotopic (exact) mass is 470 g/mol. The molecule has 0 saturated heterocycles. The Balaban J connectivity index is 1.76. The lowest BCUT2D eigenvalue weighted by atomic mass is 10.00. The summed E-state index contributed by atoms with van der Waals surface area (Å²) in [6, 6.07) is 9.97. The quantitative estimate of drug-likeness (QED) is 0.462. The second-order valence-corrected chi connectivity index (χ2v) is 10.7. The Morgan fingerprint density at radius 2 is 1.91 bits per heavy atom. The number of aryl methyl sites for hydroxylation is 1. The number of hydrogen-bond acceptors (Lipinski definition) is 4. The van der Waals surface area contributed by atoms with Crippen molar-refractivity contribution in [2.45, 2.75) is 59.9 Å². The maximum atomic E-state index is 13.5. The van der Waals surface area contributed by atoms with E-state index in [1.807, 2.05) is 43.0 Å². The first-order valence-corrected chi connectivity index (χ1v) is 13.0. The zero-order chi connectivity index (χ0) is 24.0. The summed E-state index contributed by atoms with van der Waals surface area (Å²) in [5.74, 6) is 1.51. The average molecular weight is 471 g/mol. The first kappa shape index (κ1) is 25.3. The van der Waals surface area contributed by atoms with E-state index in [0.29, 0.717) is 32.0 Å². The molecule has 0 radical (unpaired) electrons. The number of benzene rings is 1. The molecule has 6 heteroatoms. The molecule has 0 spiro atoms. The molecule has 0 bridgehead atoms. The Kier molecular flexibility index (Phi) is 8.95. The number of carbonyl (C=O) groups is 2. The van der Waals surface area contributed by atoms with Crippen LogP contribution in [-0.2, 0) is 16.0 Å². The highest BCUT2D eigenvalue weighted by atomic mass is 32.1. The van der Waals surface area contributed by atoms with Gasteiger partial charge in [0.15, 0.2) is 0 Å². The molecule has 3 rings (SSSR count). The molecule has 0 unspecified atom stereocenters. The molecule has 2 aromatic rings. The van der Waals surface area contributed by atoms with Gasteiger partial charge in [0.25, 0.3) is 0 Å². The number of carbonyl (C=O) groups excluding carboxylic acids is 2. The molecule has 5 nitrogen and oxygen atoms in total. The molecular weight excluding hydrogens is 432 g/mol. The lowest BCUT2D eigenvalue weighted by Crippen LogP contribution is -2.48. The van der Waals surface area contributed by atoms with Crippen molar-refractivity contribution < 1.29 is 14.3 Å². The van der Waals surface area contributed by atoms with E-state index in [2.05, 4.69) is 32.2 Å². The lowest BCUT2D eigenvalue weighted by molar-refractivity contribution is -0.143. The Labute approximate surface area is 202 Å². The van der Waals surface area contributed by atoms with Gasteiger partial charge in [-0.25, -0.2) is 0 Å². The third-order valence-corrected chi connectivity index (χ3v) is 7.33. The standard InChI is InChI=1S/C27H38N2O3S/c1-6-20(4)16-28(26(30)15-19(2)3)17-27(31)29-13-11-25-23(12-14-33-25)24(29)18-32-22-9-7-21(5)8-10-22/h7-10,12,14,19-20,24H,6,11,13,15-18H2,1-5H3/t20-,24-/m0/s1. The summed E-state index contributed by atoms with van der Waals surface area (Å²) in [7, 11) is 0. The van der Waals surface area contributed by atoms with Crippen LogP contribution in [0, 0.1) is 18.8 Å². The minimum absolute atomic E-state index is 0.00441. The molecule has 1 aliphatic rings. The molecule has 0 fully saturated rings. The topological polar surface area (TPSA) is 49.9 Å². The molecule has 2 atom stereocenters. The van der Waals surface area contributed by atoms with Gasteiger partial charge >= 0.3 is 0 Å². The van der Waals surface area contributed by atoms with Crippen molar-refractivity contribution in [2.75, 3.05) is 26.2 Å². The summed E-state index contributed by atoms with van der Waals surface area (Å²) in [4.78, 5) is 31.5. The van der Waals surface area contributed by atoms with Crippen molar-refractivity contribution in [3.8, 4) is 5.75 Å². The summed E-state index contributed by atoms with van der Waals surface area (Å²) in [6.45, 7) is 12.2. The normalized spacial score (nSPS) is 16.4. The Bertz CT molecular complexity index is 922. The van der Waals surface area contributed by atoms with Crippen molar-refractivity contribution in [3.05, 3.63) is 51.7 Å². The van der Waals surface area contributed by atoms with E-state index in [9.17, 15) is 9.59 Å². The fraction of sp³-hybridized carbons (Fsp3) is 0.556. The zero-order valence-corrected chi connectivity index (χ0v) is 21.5. The van der Waals surface area contributed by atoms with Crippen LogP contribution in [0.25, 0.3) is 0 Å². The van der Waals surface area contributed by atoms with Gasteiger partial charge in [0.2, 0.25) is 11.8 Å². The number of thiophene rings is 1. The van der Waals surface area contributed by atoms with Crippen LogP contribution in [0.4, 0.5) is 0 Å². The maximum Gasteiger partial charge on any atom is 0.242 e. The highest BCUT2D eigenvalue weighted by Gasteiger charge is 2.33. The number of rotatable bonds is 10. The van der Waals surface area contributed by atoms with Crippen LogP contribution in [0.15, 0.2) is 35.7 Å². The van der Waals surface area contributed by atoms with Crippen molar-refractivity contribution in [1.29, 1.82) is 0 Å². The van der Waals surface area contributed by atoms with Gasteiger partial charge < -0.3 is 14.5 Å². The van der Waals surface area contributed by atoms with Crippen molar-refractivity contribution >= 4 is 23.2 Å². The van der Waals surface area contributed by atoms with Crippen molar-refractivity contribution in [2.24, 2.45) is 11.8 Å². The molecule has 0 saturated carbocycles. The molecule has 1 aromatic carbocycles. The first-order chi connectivity index (χ1) is 15.8. The van der Waals surface area contributed by atoms with E-state index in [4.69, 9.17) is 4.74 Å². The van der Waals surface area contributed by atoms with E-state index in [-0.39, 0.29) is 30.3 Å². The Morgan fingerprint density at radius 1 is 1.18 bits per heavy atom. The van der Waals surface area contributed by atoms with Crippen LogP contribution in [-0.4, -0.2) is 47.9 Å². The third kappa shape index (κ3) is 6.83. The largest absolute Gasteiger partial charge is 0.491 e. The Hall–Kier alpha value is -2.34. The summed E-state index contributed by atoms with van der Waals surface area (Å²) >= 11 is 1.75. The van der Waals surface area contributed by atoms with Crippen LogP contribution >= 0.6 is 11.3 Å². The van der Waals surface area contributed by atoms with E-state index in [0.717, 1.165) is 18.6 Å². The van der Waals surface area contributed by atoms with Crippen molar-refractivity contribution in [1.82, 2.24) is 9.80 Å². The number of amides is 2. The molecule has 2 heterocycles. The second kappa shape index (κ2) is 11.7. The van der Waals surface area contributed by atoms with Gasteiger partial charge in [-0.1, -0.05) is 51.8 Å². The van der Waals surface area contributed by atoms with Crippen LogP contribution in [0.1, 0.15) is 62.6 Å². The van der Waals surface area contributed by atoms with Gasteiger partial charge in [0, 0.05) is 24.4 Å². The number of fused-ring (bicyclic) bond motifs is 1. The lowest BCUT2D eigenvalue weighted by Gasteiger charge is -2.37. The molecule has 33 heavy (non-hydrogen) atoms. The van der Waals surface area contributed by atoms with Crippen LogP contribution in [0.3, 0.4) is 0 Å². The summed E-state index contributed by atoms with van der Waals surface area (Å²) < 4.78 is 6.12. The van der Waals surface area contributed by atoms with Crippen LogP contribution < -0.4 is 4.74 Å². The SMILES string of the molecule is CC[C@H](C)CN(CC(=O)N1CCc2sccc2[C@@H]1COc1ccc(C)cc1)C(=O)CC(C)C. The molecule has 1 aromatic heterocycles. The first-order valence-electron chi connectivity index (χ1n) is 12.1. The van der Waals surface area contributed by atoms with E-state index in [1.165, 1.54) is 16.0 Å². The third-order valence-electron chi connectivity index (χ3n) is 6.33. The van der Waals surface area contributed by atoms with Gasteiger partial charge in [-0.15, -0.1) is 11.3 Å². The number of hydrogen-bond donors (Lipinski definition) is 0. The molecular formula is C27H38N2O3S. The van der Waals surface area contributed by atoms with Crippen LogP contribution in [0.5, 0.6) is 5.75 Å². The van der Waals surface area contributed by atoms with Gasteiger partial charge in [0.05, 0.1) is 12.6 Å². The van der Waals surface area contributed by atoms with Crippen molar-refractivity contribution in [3.63, 3.8) is 0 Å². The summed E-state index contributed by atoms with van der Waals surface area (Å²) in [5.41, 5.74) is 2.36. The summed E-state index contributed by atoms with van der Waals surface area (Å²) in [5, 5.41) is 2.10.